The number of ether oxygens (including phenoxy) is 3. The first-order valence-electron chi connectivity index (χ1n) is 49.4. The van der Waals surface area contributed by atoms with Crippen molar-refractivity contribution < 1.29 is 41.2 Å². The Morgan fingerprint density at radius 2 is 0.444 bits per heavy atom. The van der Waals surface area contributed by atoms with E-state index in [9.17, 15) is 27.0 Å². The zero-order valence-electron chi connectivity index (χ0n) is 86.7. The fourth-order valence-electron chi connectivity index (χ4n) is 20.1. The molecule has 0 aromatic heterocycles. The zero-order chi connectivity index (χ0) is 98.3. The topological polar surface area (TPSA) is 140 Å². The van der Waals surface area contributed by atoms with Crippen LogP contribution in [0.5, 0.6) is 0 Å². The van der Waals surface area contributed by atoms with Crippen LogP contribution in [-0.4, -0.2) is 256 Å². The second kappa shape index (κ2) is 44.7. The number of benzene rings is 6. The minimum Gasteiger partial charge on any atom is -0.371 e. The molecule has 0 radical (unpaired) electrons. The normalized spacial score (nSPS) is 29.5. The fourth-order valence-corrected chi connectivity index (χ4v) is 52.1. The van der Waals surface area contributed by atoms with Crippen LogP contribution in [0.15, 0.2) is 175 Å². The summed E-state index contributed by atoms with van der Waals surface area (Å²) >= 11 is 8.58. The number of nitrogens with zero attached hydrogens (tertiary/aromatic N) is 3. The molecule has 0 aliphatic carbocycles. The molecule has 12 bridgehead atoms. The van der Waals surface area contributed by atoms with Crippen LogP contribution in [0.2, 0.25) is 0 Å². The third-order valence-corrected chi connectivity index (χ3v) is 55.7. The van der Waals surface area contributed by atoms with Crippen LogP contribution >= 0.6 is 47.0 Å². The quantitative estimate of drug-likeness (QED) is 0.146. The van der Waals surface area contributed by atoms with Crippen molar-refractivity contribution in [3.63, 3.8) is 0 Å². The number of thioether (sulfide) groups is 4. The van der Waals surface area contributed by atoms with Crippen molar-refractivity contribution in [2.45, 2.75) is 312 Å². The van der Waals surface area contributed by atoms with E-state index < -0.39 is 20.6 Å². The number of hydrogen-bond acceptors (Lipinski definition) is 13. The average molecular weight is 2070 g/mol. The smallest absolute Gasteiger partial charge is 0.228 e. The molecule has 12 aliphatic heterocycles. The maximum Gasteiger partial charge on any atom is 0.228 e. The predicted octanol–water partition coefficient (Wildman–Crippen LogP) is 21.1. The molecule has 18 rings (SSSR count). The van der Waals surface area contributed by atoms with E-state index in [0.717, 1.165) is 98.2 Å². The Balaban J connectivity index is 0.000000138. The summed E-state index contributed by atoms with van der Waals surface area (Å²) in [6.45, 7) is 68.3. The molecule has 24 heteroatoms. The maximum absolute atomic E-state index is 13.1. The van der Waals surface area contributed by atoms with Crippen LogP contribution in [0, 0.1) is 16.2 Å². The molecule has 12 fully saturated rings. The van der Waals surface area contributed by atoms with E-state index in [2.05, 4.69) is 332 Å². The minimum atomic E-state index is -2.89. The van der Waals surface area contributed by atoms with Crippen LogP contribution < -0.4 is 0 Å². The number of amides is 3. The van der Waals surface area contributed by atoms with Crippen molar-refractivity contribution in [3.05, 3.63) is 179 Å². The summed E-state index contributed by atoms with van der Waals surface area (Å²) in [5.74, 6) is 13.4. The second-order valence-corrected chi connectivity index (χ2v) is 71.6. The molecule has 0 spiro atoms. The molecule has 12 saturated heterocycles. The van der Waals surface area contributed by atoms with Gasteiger partial charge < -0.3 is 28.9 Å². The van der Waals surface area contributed by atoms with Crippen molar-refractivity contribution >= 4 is 151 Å². The van der Waals surface area contributed by atoms with E-state index in [1.807, 2.05) is 62.3 Å². The summed E-state index contributed by atoms with van der Waals surface area (Å²) in [5.41, 5.74) is 8.55. The van der Waals surface area contributed by atoms with E-state index >= 15 is 0 Å². The summed E-state index contributed by atoms with van der Waals surface area (Å²) in [7, 11) is -2.03. The van der Waals surface area contributed by atoms with Crippen molar-refractivity contribution in [2.24, 2.45) is 16.2 Å². The van der Waals surface area contributed by atoms with Crippen LogP contribution in [0.4, 0.5) is 0 Å². The van der Waals surface area contributed by atoms with Gasteiger partial charge in [-0.05, 0) is 139 Å². The molecule has 12 aliphatic rings. The molecule has 744 valence electrons. The predicted molar refractivity (Wildman–Crippen MR) is 596 cm³/mol. The van der Waals surface area contributed by atoms with E-state index in [-0.39, 0.29) is 126 Å². The van der Waals surface area contributed by atoms with Gasteiger partial charge in [-0.15, -0.1) is 0 Å². The van der Waals surface area contributed by atoms with Gasteiger partial charge in [-0.2, -0.15) is 47.0 Å². The molecule has 3 amide bonds. The largest absolute Gasteiger partial charge is 0.371 e. The Labute approximate surface area is 853 Å². The third kappa shape index (κ3) is 28.1. The van der Waals surface area contributed by atoms with Crippen molar-refractivity contribution in [1.82, 2.24) is 14.7 Å². The van der Waals surface area contributed by atoms with Gasteiger partial charge in [0, 0.05) is 138 Å². The highest BCUT2D eigenvalue weighted by Crippen LogP contribution is 2.46. The highest BCUT2D eigenvalue weighted by atomic mass is 32.2. The fraction of sp³-hybridized carbons (Fsp3) is 0.649. The Kier molecular flexibility index (Phi) is 36.2. The standard InChI is InChI=1S/C26H41N2O2S.C21H32NOS2.C16H23O3S2.C16H23O2S2.C16H23OS2.C16H23S3/c1-24(2,3)18-10-12-19(13-11-18)31-20-14-27(22(29)25(4,5)6)15-21(31)17-28(16-20)23(30)26(7,8)9;1-20(2,3)15-7-9-16(10-8-15)25-17-11-22(19(23)21(4,5)6)12-18(25)14-24-13-17;1-16(2,3)12-4-6-13(7-5-12)20-14-8-19-9-15(20)11-21(17,18)10-14;1-16(2,3)12-4-6-13(7-5-12)20-14-8-18-9-15(20)11-19(17)10-14;1-16(2,3)12-4-6-13(7-5-12)19-14-8-17-9-15(19)11-18-10-14;1-16(2,3)12-4-6-13(7-5-12)19-14-8-17-10-15(19)11-18-9-14/h10-13,20-21H,14-17H2,1-9H3;7-10,17-18H,11-14H2,1-6H3;4-7,14-15H,8-11H2,1-3H3;4-7,14-15H,8-11H2,1-3H3;2*4-7,14-15H,8-11H2,1-3H3/q6*+1. The van der Waals surface area contributed by atoms with Gasteiger partial charge in [0.2, 0.25) is 17.7 Å². The summed E-state index contributed by atoms with van der Waals surface area (Å²) in [4.78, 5) is 54.0. The molecule has 12 nitrogen and oxygen atoms in total. The summed E-state index contributed by atoms with van der Waals surface area (Å²) in [5, 5.41) is 6.39. The van der Waals surface area contributed by atoms with Crippen molar-refractivity contribution in [2.75, 3.05) is 148 Å². The Hall–Kier alpha value is -2.79. The molecule has 8 atom stereocenters. The van der Waals surface area contributed by atoms with Gasteiger partial charge in [-0.3, -0.25) is 18.6 Å². The first-order chi connectivity index (χ1) is 63.0. The average Bonchev–Trinajstić information content (AvgIpc) is 0.755. The van der Waals surface area contributed by atoms with Crippen LogP contribution in [0.1, 0.15) is 220 Å². The van der Waals surface area contributed by atoms with E-state index in [4.69, 9.17) is 14.2 Å². The van der Waals surface area contributed by atoms with Crippen LogP contribution in [-0.2, 0) is 147 Å². The lowest BCUT2D eigenvalue weighted by Gasteiger charge is -2.46. The monoisotopic (exact) mass is 2070 g/mol. The molecule has 12 heterocycles. The van der Waals surface area contributed by atoms with Crippen molar-refractivity contribution in [3.8, 4) is 0 Å². The van der Waals surface area contributed by atoms with Gasteiger partial charge in [0.15, 0.2) is 81.2 Å². The molecule has 8 unspecified atom stereocenters. The highest BCUT2D eigenvalue weighted by Gasteiger charge is 2.58. The number of hydrogen-bond donors (Lipinski definition) is 0. The lowest BCUT2D eigenvalue weighted by molar-refractivity contribution is -0.142. The Morgan fingerprint density at radius 1 is 0.267 bits per heavy atom. The van der Waals surface area contributed by atoms with E-state index in [1.54, 1.807) is 9.79 Å². The Morgan fingerprint density at radius 3 is 0.681 bits per heavy atom. The summed E-state index contributed by atoms with van der Waals surface area (Å²) < 4.78 is 52.9. The first-order valence-corrected chi connectivity index (χ1v) is 65.4. The molecular weight excluding hydrogens is 1900 g/mol. The zero-order valence-corrected chi connectivity index (χ0v) is 96.5. The van der Waals surface area contributed by atoms with Gasteiger partial charge in [-0.1, -0.05) is 260 Å². The molecular formula is C111H165N3O9S12+6. The number of sulfone groups is 1. The molecule has 6 aromatic rings. The number of fused-ring (bicyclic) bond motifs is 12. The minimum absolute atomic E-state index is 0.0104. The molecule has 0 saturated carbocycles. The Bertz CT molecular complexity index is 4840. The van der Waals surface area contributed by atoms with Gasteiger partial charge in [0.1, 0.15) is 32.5 Å². The number of carbonyl (C=O) groups is 3. The summed E-state index contributed by atoms with van der Waals surface area (Å²) in [6, 6.07) is 55.4. The van der Waals surface area contributed by atoms with E-state index in [1.165, 1.54) is 99.0 Å². The number of rotatable bonds is 6. The lowest BCUT2D eigenvalue weighted by atomic mass is 9.87. The lowest BCUT2D eigenvalue weighted by Crippen LogP contribution is -2.66. The SMILES string of the molecule is CC(C)(C)C(=O)N1CC2CN(C(=O)C(C)(C)C)CC(C1)[S+]2c1ccc(C(C)(C)C)cc1.CC(C)(C)C(=O)N1CC2CSCC(C1)[S+]2c1ccc(C(C)(C)C)cc1.CC(C)(C)c1ccc([S+]2C3COCC2CS(=O)(=O)C3)cc1.CC(C)(C)c1ccc([S+]2C3COCC2CS(=O)C3)cc1.CC(C)(C)c1ccc([S+]2C3COCC2CSC3)cc1.CC(C)(C)c1ccc([S+]2C3CSCC2CSC3)cc1. The first kappa shape index (κ1) is 109. The van der Waals surface area contributed by atoms with Crippen LogP contribution in [0.3, 0.4) is 0 Å². The van der Waals surface area contributed by atoms with Gasteiger partial charge in [0.25, 0.3) is 0 Å². The highest BCUT2D eigenvalue weighted by molar-refractivity contribution is 8.09. The number of carbonyl (C=O) groups excluding carboxylic acids is 3. The molecule has 0 N–H and O–H groups in total. The van der Waals surface area contributed by atoms with E-state index in [0.29, 0.717) is 72.4 Å². The van der Waals surface area contributed by atoms with Gasteiger partial charge in [-0.25, -0.2) is 8.42 Å². The van der Waals surface area contributed by atoms with Gasteiger partial charge in [0.05, 0.1) is 90.4 Å². The summed E-state index contributed by atoms with van der Waals surface area (Å²) in [6.07, 6.45) is 0. The van der Waals surface area contributed by atoms with Gasteiger partial charge >= 0.3 is 0 Å². The maximum atomic E-state index is 13.1. The van der Waals surface area contributed by atoms with Crippen LogP contribution in [0.25, 0.3) is 0 Å². The molecule has 6 aromatic carbocycles. The second-order valence-electron chi connectivity index (χ2n) is 48.3. The van der Waals surface area contributed by atoms with Crippen molar-refractivity contribution in [1.29, 1.82) is 0 Å². The molecule has 135 heavy (non-hydrogen) atoms. The third-order valence-electron chi connectivity index (χ3n) is 27.5.